The maximum Gasteiger partial charge on any atom is 0.261 e. The van der Waals surface area contributed by atoms with Crippen LogP contribution in [-0.4, -0.2) is 15.1 Å². The summed E-state index contributed by atoms with van der Waals surface area (Å²) >= 11 is 0. The van der Waals surface area contributed by atoms with Crippen molar-refractivity contribution in [2.75, 3.05) is 0 Å². The zero-order chi connectivity index (χ0) is 16.7. The van der Waals surface area contributed by atoms with Crippen LogP contribution in [0, 0.1) is 11.6 Å². The highest BCUT2D eigenvalue weighted by atomic mass is 19.1. The Morgan fingerprint density at radius 2 is 1.92 bits per heavy atom. The summed E-state index contributed by atoms with van der Waals surface area (Å²) in [5.41, 5.74) is 1.90. The molecule has 24 heavy (non-hydrogen) atoms. The normalized spacial score (nSPS) is 11.3. The number of aryl methyl sites for hydroxylation is 1. The summed E-state index contributed by atoms with van der Waals surface area (Å²) in [6, 6.07) is 8.33. The molecular weight excluding hydrogens is 316 g/mol. The average molecular weight is 327 g/mol. The second kappa shape index (κ2) is 5.52. The summed E-state index contributed by atoms with van der Waals surface area (Å²) in [6.07, 6.45) is 0.690. The van der Waals surface area contributed by atoms with Crippen LogP contribution in [0.15, 0.2) is 45.3 Å². The molecule has 0 radical (unpaired) electrons. The first-order chi connectivity index (χ1) is 11.6. The number of rotatable bonds is 3. The van der Waals surface area contributed by atoms with E-state index in [0.29, 0.717) is 29.0 Å². The third-order valence-corrected chi connectivity index (χ3v) is 3.58. The lowest BCUT2D eigenvalue weighted by atomic mass is 10.2. The van der Waals surface area contributed by atoms with Crippen molar-refractivity contribution in [2.45, 2.75) is 13.3 Å². The highest BCUT2D eigenvalue weighted by Gasteiger charge is 2.16. The molecule has 0 saturated heterocycles. The van der Waals surface area contributed by atoms with Gasteiger partial charge in [0.25, 0.3) is 5.89 Å². The fourth-order valence-electron chi connectivity index (χ4n) is 2.38. The second-order valence-electron chi connectivity index (χ2n) is 5.19. The number of fused-ring (bicyclic) bond motifs is 1. The summed E-state index contributed by atoms with van der Waals surface area (Å²) in [5, 5.41) is 3.83. The van der Waals surface area contributed by atoms with Crippen molar-refractivity contribution < 1.29 is 17.7 Å². The molecule has 0 saturated carbocycles. The van der Waals surface area contributed by atoms with E-state index in [1.54, 1.807) is 18.2 Å². The Kier molecular flexibility index (Phi) is 3.34. The van der Waals surface area contributed by atoms with Crippen molar-refractivity contribution in [1.82, 2.24) is 15.1 Å². The lowest BCUT2D eigenvalue weighted by Crippen LogP contribution is -1.87. The first-order valence-corrected chi connectivity index (χ1v) is 7.33. The van der Waals surface area contributed by atoms with Gasteiger partial charge in [-0.2, -0.15) is 4.98 Å². The molecule has 0 unspecified atom stereocenters. The van der Waals surface area contributed by atoms with Gasteiger partial charge in [0.05, 0.1) is 5.56 Å². The fourth-order valence-corrected chi connectivity index (χ4v) is 2.38. The SMILES string of the molecule is CCc1nc2cc(-c3noc(-c4cc(F)ccc4F)n3)ccc2o1. The Morgan fingerprint density at radius 3 is 2.75 bits per heavy atom. The monoisotopic (exact) mass is 327 g/mol. The summed E-state index contributed by atoms with van der Waals surface area (Å²) in [4.78, 5) is 8.49. The average Bonchev–Trinajstić information content (AvgIpc) is 3.22. The molecule has 0 aliphatic carbocycles. The van der Waals surface area contributed by atoms with E-state index in [2.05, 4.69) is 15.1 Å². The van der Waals surface area contributed by atoms with E-state index in [9.17, 15) is 8.78 Å². The highest BCUT2D eigenvalue weighted by molar-refractivity contribution is 5.78. The van der Waals surface area contributed by atoms with Crippen LogP contribution in [0.3, 0.4) is 0 Å². The van der Waals surface area contributed by atoms with Gasteiger partial charge in [-0.3, -0.25) is 0 Å². The summed E-state index contributed by atoms with van der Waals surface area (Å²) < 4.78 is 37.7. The molecule has 2 aromatic carbocycles. The molecule has 2 heterocycles. The van der Waals surface area contributed by atoms with Crippen molar-refractivity contribution in [3.8, 4) is 22.8 Å². The number of aromatic nitrogens is 3. The van der Waals surface area contributed by atoms with Gasteiger partial charge in [-0.15, -0.1) is 0 Å². The van der Waals surface area contributed by atoms with E-state index in [1.807, 2.05) is 6.92 Å². The van der Waals surface area contributed by atoms with Crippen LogP contribution < -0.4 is 0 Å². The summed E-state index contributed by atoms with van der Waals surface area (Å²) in [5.74, 6) is -0.403. The molecule has 0 bridgehead atoms. The van der Waals surface area contributed by atoms with Gasteiger partial charge in [-0.25, -0.2) is 13.8 Å². The van der Waals surface area contributed by atoms with Gasteiger partial charge in [0.2, 0.25) is 5.82 Å². The quantitative estimate of drug-likeness (QED) is 0.558. The molecule has 0 aliphatic heterocycles. The molecule has 5 nitrogen and oxygen atoms in total. The number of benzene rings is 2. The first kappa shape index (κ1) is 14.5. The van der Waals surface area contributed by atoms with Crippen molar-refractivity contribution in [3.63, 3.8) is 0 Å². The van der Waals surface area contributed by atoms with Crippen molar-refractivity contribution >= 4 is 11.1 Å². The Morgan fingerprint density at radius 1 is 1.04 bits per heavy atom. The van der Waals surface area contributed by atoms with Crippen LogP contribution >= 0.6 is 0 Å². The van der Waals surface area contributed by atoms with Gasteiger partial charge in [0, 0.05) is 12.0 Å². The Labute approximate surface area is 134 Å². The van der Waals surface area contributed by atoms with Crippen molar-refractivity contribution in [3.05, 3.63) is 53.9 Å². The predicted octanol–water partition coefficient (Wildman–Crippen LogP) is 4.39. The zero-order valence-electron chi connectivity index (χ0n) is 12.6. The number of hydrogen-bond acceptors (Lipinski definition) is 5. The standard InChI is InChI=1S/C17H11F2N3O2/c1-2-15-20-13-7-9(3-6-14(13)23-15)16-21-17(24-22-16)11-8-10(18)4-5-12(11)19/h3-8H,2H2,1H3. The number of hydrogen-bond donors (Lipinski definition) is 0. The van der Waals surface area contributed by atoms with Crippen LogP contribution in [0.1, 0.15) is 12.8 Å². The number of oxazole rings is 1. The number of halogens is 2. The fraction of sp³-hybridized carbons (Fsp3) is 0.118. The molecular formula is C17H11F2N3O2. The zero-order valence-corrected chi connectivity index (χ0v) is 12.6. The van der Waals surface area contributed by atoms with Gasteiger partial charge >= 0.3 is 0 Å². The predicted molar refractivity (Wildman–Crippen MR) is 82.0 cm³/mol. The molecule has 2 aromatic heterocycles. The van der Waals surface area contributed by atoms with Gasteiger partial charge in [0.1, 0.15) is 17.2 Å². The Bertz CT molecular complexity index is 1040. The van der Waals surface area contributed by atoms with E-state index in [0.717, 1.165) is 18.2 Å². The maximum atomic E-state index is 13.8. The summed E-state index contributed by atoms with van der Waals surface area (Å²) in [6.45, 7) is 1.95. The minimum Gasteiger partial charge on any atom is -0.441 e. The highest BCUT2D eigenvalue weighted by Crippen LogP contribution is 2.27. The topological polar surface area (TPSA) is 65.0 Å². The van der Waals surface area contributed by atoms with E-state index < -0.39 is 11.6 Å². The lowest BCUT2D eigenvalue weighted by Gasteiger charge is -1.96. The van der Waals surface area contributed by atoms with Crippen LogP contribution in [0.4, 0.5) is 8.78 Å². The van der Waals surface area contributed by atoms with Crippen LogP contribution in [0.2, 0.25) is 0 Å². The molecule has 4 rings (SSSR count). The molecule has 4 aromatic rings. The smallest absolute Gasteiger partial charge is 0.261 e. The minimum atomic E-state index is -0.633. The Balaban J connectivity index is 1.75. The molecule has 0 aliphatic rings. The molecule has 0 spiro atoms. The molecule has 7 heteroatoms. The maximum absolute atomic E-state index is 13.8. The third-order valence-electron chi connectivity index (χ3n) is 3.58. The van der Waals surface area contributed by atoms with Crippen molar-refractivity contribution in [2.24, 2.45) is 0 Å². The van der Waals surface area contributed by atoms with E-state index >= 15 is 0 Å². The van der Waals surface area contributed by atoms with E-state index in [1.165, 1.54) is 0 Å². The molecule has 0 N–H and O–H groups in total. The minimum absolute atomic E-state index is 0.0791. The largest absolute Gasteiger partial charge is 0.441 e. The lowest BCUT2D eigenvalue weighted by molar-refractivity contribution is 0.429. The number of nitrogens with zero attached hydrogens (tertiary/aromatic N) is 3. The van der Waals surface area contributed by atoms with Gasteiger partial charge in [0.15, 0.2) is 11.5 Å². The van der Waals surface area contributed by atoms with Crippen LogP contribution in [-0.2, 0) is 6.42 Å². The first-order valence-electron chi connectivity index (χ1n) is 7.33. The van der Waals surface area contributed by atoms with E-state index in [-0.39, 0.29) is 17.3 Å². The van der Waals surface area contributed by atoms with E-state index in [4.69, 9.17) is 8.94 Å². The molecule has 0 fully saturated rings. The van der Waals surface area contributed by atoms with Gasteiger partial charge in [-0.1, -0.05) is 12.1 Å². The van der Waals surface area contributed by atoms with Gasteiger partial charge in [-0.05, 0) is 36.4 Å². The molecule has 120 valence electrons. The van der Waals surface area contributed by atoms with Crippen LogP contribution in [0.25, 0.3) is 33.9 Å². The Hall–Kier alpha value is -3.09. The van der Waals surface area contributed by atoms with Gasteiger partial charge < -0.3 is 8.94 Å². The third kappa shape index (κ3) is 2.44. The molecule has 0 atom stereocenters. The second-order valence-corrected chi connectivity index (χ2v) is 5.19. The van der Waals surface area contributed by atoms with Crippen molar-refractivity contribution in [1.29, 1.82) is 0 Å². The van der Waals surface area contributed by atoms with Crippen LogP contribution in [0.5, 0.6) is 0 Å². The summed E-state index contributed by atoms with van der Waals surface area (Å²) in [7, 11) is 0. The molecule has 0 amide bonds.